The number of aliphatic hydroxyl groups excluding tert-OH is 1. The van der Waals surface area contributed by atoms with Gasteiger partial charge in [-0.3, -0.25) is 14.1 Å². The van der Waals surface area contributed by atoms with Gasteiger partial charge in [-0.1, -0.05) is 184 Å². The van der Waals surface area contributed by atoms with Crippen LogP contribution in [0.15, 0.2) is 60.8 Å². The number of ether oxygens (including phenoxy) is 2. The Morgan fingerprint density at radius 3 is 1.69 bits per heavy atom. The van der Waals surface area contributed by atoms with E-state index in [4.69, 9.17) is 19.3 Å². The standard InChI is InChI=1S/C44H77O9P/c1-3-5-7-9-11-12-13-14-15-16-17-18-19-20-21-26-30-34-38-44(47)53-42(40-52-54(48,49)50)39-51-43(46)37-33-29-25-23-22-24-28-32-36-41(45)35-31-27-10-8-6-4-2/h6,8,23-25,27-28,31-32,36,41-42,45H,3-5,7,9-22,26,29-30,33-35,37-40H2,1-2H3,(H2,48,49,50)/b8-6-,25-23-,28-24-,31-27-,36-32+/t41?,42-/m1/s1. The third-order valence-electron chi connectivity index (χ3n) is 8.88. The molecular formula is C44H77O9P. The predicted molar refractivity (Wildman–Crippen MR) is 222 cm³/mol. The van der Waals surface area contributed by atoms with E-state index < -0.39 is 38.6 Å². The van der Waals surface area contributed by atoms with E-state index >= 15 is 0 Å². The number of hydrogen-bond donors (Lipinski definition) is 3. The molecule has 0 aliphatic heterocycles. The molecule has 0 heterocycles. The fourth-order valence-corrected chi connectivity index (χ4v) is 6.09. The van der Waals surface area contributed by atoms with Crippen molar-refractivity contribution in [3.8, 4) is 0 Å². The summed E-state index contributed by atoms with van der Waals surface area (Å²) in [4.78, 5) is 42.8. The maximum Gasteiger partial charge on any atom is 0.469 e. The molecule has 0 aromatic rings. The van der Waals surface area contributed by atoms with Gasteiger partial charge in [-0.15, -0.1) is 0 Å². The third-order valence-corrected chi connectivity index (χ3v) is 9.37. The second-order valence-corrected chi connectivity index (χ2v) is 15.4. The number of carbonyl (C=O) groups is 2. The van der Waals surface area contributed by atoms with Crippen molar-refractivity contribution in [1.29, 1.82) is 0 Å². The summed E-state index contributed by atoms with van der Waals surface area (Å²) in [7, 11) is -4.78. The minimum Gasteiger partial charge on any atom is -0.462 e. The van der Waals surface area contributed by atoms with Gasteiger partial charge in [0.2, 0.25) is 0 Å². The number of unbranched alkanes of at least 4 members (excludes halogenated alkanes) is 18. The smallest absolute Gasteiger partial charge is 0.462 e. The molecule has 0 saturated heterocycles. The lowest BCUT2D eigenvalue weighted by atomic mass is 10.0. The van der Waals surface area contributed by atoms with Crippen LogP contribution in [0.25, 0.3) is 0 Å². The van der Waals surface area contributed by atoms with Crippen LogP contribution in [0.4, 0.5) is 0 Å². The Kier molecular flexibility index (Phi) is 37.3. The van der Waals surface area contributed by atoms with Gasteiger partial charge in [0.05, 0.1) is 12.7 Å². The molecule has 3 N–H and O–H groups in total. The van der Waals surface area contributed by atoms with Crippen LogP contribution in [0.2, 0.25) is 0 Å². The van der Waals surface area contributed by atoms with Crippen molar-refractivity contribution < 1.29 is 43.0 Å². The Hall–Kier alpha value is -2.29. The van der Waals surface area contributed by atoms with Gasteiger partial charge < -0.3 is 24.4 Å². The fourth-order valence-electron chi connectivity index (χ4n) is 5.73. The summed E-state index contributed by atoms with van der Waals surface area (Å²) in [6.07, 6.45) is 45.5. The van der Waals surface area contributed by atoms with Crippen LogP contribution in [0, 0.1) is 0 Å². The molecule has 0 amide bonds. The van der Waals surface area contributed by atoms with Crippen LogP contribution < -0.4 is 0 Å². The third kappa shape index (κ3) is 40.9. The Balaban J connectivity index is 4.05. The zero-order valence-corrected chi connectivity index (χ0v) is 34.9. The quantitative estimate of drug-likeness (QED) is 0.0184. The monoisotopic (exact) mass is 781 g/mol. The van der Waals surface area contributed by atoms with Crippen molar-refractivity contribution in [2.75, 3.05) is 13.2 Å². The van der Waals surface area contributed by atoms with Crippen molar-refractivity contribution in [2.24, 2.45) is 0 Å². The SMILES string of the molecule is CC/C=C\C/C=C\CC(O)/C=C/C=C\C/C=C\CCCC(=O)OC[C@H](COP(=O)(O)O)OC(=O)CCCCCCCCCCCCCCCCCCCC. The average Bonchev–Trinajstić information content (AvgIpc) is 3.14. The average molecular weight is 781 g/mol. The maximum absolute atomic E-state index is 12.4. The Bertz CT molecular complexity index is 1080. The summed E-state index contributed by atoms with van der Waals surface area (Å²) in [5, 5.41) is 9.98. The lowest BCUT2D eigenvalue weighted by Crippen LogP contribution is -2.29. The number of aliphatic hydroxyl groups is 1. The minimum atomic E-state index is -4.78. The predicted octanol–water partition coefficient (Wildman–Crippen LogP) is 11.9. The van der Waals surface area contributed by atoms with E-state index in [1.54, 1.807) is 6.08 Å². The topological polar surface area (TPSA) is 140 Å². The Morgan fingerprint density at radius 2 is 1.11 bits per heavy atom. The normalized spacial score (nSPS) is 13.6. The first-order chi connectivity index (χ1) is 26.2. The lowest BCUT2D eigenvalue weighted by Gasteiger charge is -2.18. The highest BCUT2D eigenvalue weighted by Gasteiger charge is 2.22. The Morgan fingerprint density at radius 1 is 0.593 bits per heavy atom. The summed E-state index contributed by atoms with van der Waals surface area (Å²) in [5.41, 5.74) is 0. The van der Waals surface area contributed by atoms with Gasteiger partial charge in [0.15, 0.2) is 6.10 Å². The molecule has 0 bridgehead atoms. The van der Waals surface area contributed by atoms with Gasteiger partial charge in [0.25, 0.3) is 0 Å². The van der Waals surface area contributed by atoms with Gasteiger partial charge in [-0.25, -0.2) is 4.57 Å². The molecule has 9 nitrogen and oxygen atoms in total. The summed E-state index contributed by atoms with van der Waals surface area (Å²) < 4.78 is 26.3. The van der Waals surface area contributed by atoms with Crippen molar-refractivity contribution in [2.45, 2.75) is 193 Å². The number of carbonyl (C=O) groups excluding carboxylic acids is 2. The molecule has 54 heavy (non-hydrogen) atoms. The highest BCUT2D eigenvalue weighted by molar-refractivity contribution is 7.46. The molecule has 0 spiro atoms. The molecule has 1 unspecified atom stereocenters. The van der Waals surface area contributed by atoms with E-state index in [1.165, 1.54) is 89.9 Å². The molecule has 10 heteroatoms. The van der Waals surface area contributed by atoms with Crippen molar-refractivity contribution in [3.05, 3.63) is 60.8 Å². The van der Waals surface area contributed by atoms with Crippen molar-refractivity contribution in [1.82, 2.24) is 0 Å². The number of hydrogen-bond acceptors (Lipinski definition) is 7. The Labute approximate surface area is 329 Å². The van der Waals surface area contributed by atoms with Crippen LogP contribution in [-0.4, -0.2) is 52.3 Å². The van der Waals surface area contributed by atoms with Gasteiger partial charge in [-0.05, 0) is 44.9 Å². The van der Waals surface area contributed by atoms with Gasteiger partial charge in [0.1, 0.15) is 6.61 Å². The molecular weight excluding hydrogens is 703 g/mol. The van der Waals surface area contributed by atoms with E-state index in [0.717, 1.165) is 38.5 Å². The first-order valence-corrected chi connectivity index (χ1v) is 22.7. The van der Waals surface area contributed by atoms with Gasteiger partial charge in [-0.2, -0.15) is 0 Å². The van der Waals surface area contributed by atoms with Crippen LogP contribution in [-0.2, 0) is 28.2 Å². The molecule has 2 atom stereocenters. The van der Waals surface area contributed by atoms with Crippen LogP contribution in [0.5, 0.6) is 0 Å². The van der Waals surface area contributed by atoms with E-state index in [-0.39, 0.29) is 19.4 Å². The maximum atomic E-state index is 12.4. The molecule has 0 aromatic heterocycles. The zero-order valence-electron chi connectivity index (χ0n) is 34.0. The first kappa shape index (κ1) is 51.7. The molecule has 0 aromatic carbocycles. The van der Waals surface area contributed by atoms with E-state index in [9.17, 15) is 19.3 Å². The summed E-state index contributed by atoms with van der Waals surface area (Å²) in [6, 6.07) is 0. The number of esters is 2. The molecule has 0 radical (unpaired) electrons. The van der Waals surface area contributed by atoms with Crippen molar-refractivity contribution >= 4 is 19.8 Å². The number of phosphoric ester groups is 1. The summed E-state index contributed by atoms with van der Waals surface area (Å²) in [5.74, 6) is -0.990. The molecule has 0 aliphatic carbocycles. The lowest BCUT2D eigenvalue weighted by molar-refractivity contribution is -0.161. The summed E-state index contributed by atoms with van der Waals surface area (Å²) >= 11 is 0. The van der Waals surface area contributed by atoms with Crippen molar-refractivity contribution in [3.63, 3.8) is 0 Å². The highest BCUT2D eigenvalue weighted by atomic mass is 31.2. The van der Waals surface area contributed by atoms with Crippen LogP contribution in [0.1, 0.15) is 181 Å². The van der Waals surface area contributed by atoms with Gasteiger partial charge >= 0.3 is 19.8 Å². The van der Waals surface area contributed by atoms with E-state index in [0.29, 0.717) is 25.7 Å². The zero-order chi connectivity index (χ0) is 39.8. The highest BCUT2D eigenvalue weighted by Crippen LogP contribution is 2.36. The van der Waals surface area contributed by atoms with E-state index in [1.807, 2.05) is 42.5 Å². The molecule has 0 saturated carbocycles. The number of rotatable bonds is 38. The molecule has 0 rings (SSSR count). The largest absolute Gasteiger partial charge is 0.469 e. The molecule has 312 valence electrons. The molecule has 0 fully saturated rings. The van der Waals surface area contributed by atoms with Gasteiger partial charge in [0, 0.05) is 12.8 Å². The second-order valence-electron chi connectivity index (χ2n) is 14.1. The van der Waals surface area contributed by atoms with E-state index in [2.05, 4.69) is 30.5 Å². The van der Waals surface area contributed by atoms with Crippen LogP contribution in [0.3, 0.4) is 0 Å². The summed E-state index contributed by atoms with van der Waals surface area (Å²) in [6.45, 7) is 3.46. The minimum absolute atomic E-state index is 0.156. The first-order valence-electron chi connectivity index (χ1n) is 21.2. The fraction of sp³-hybridized carbons (Fsp3) is 0.727. The number of phosphoric acid groups is 1. The molecule has 0 aliphatic rings. The number of allylic oxidation sites excluding steroid dienone is 8. The van der Waals surface area contributed by atoms with Crippen LogP contribution >= 0.6 is 7.82 Å². The second kappa shape index (κ2) is 39.0.